The minimum atomic E-state index is -3.51. The molecule has 2 aromatic heterocycles. The van der Waals surface area contributed by atoms with Gasteiger partial charge in [0.15, 0.2) is 5.65 Å². The standard InChI is InChI=1S/C24H31N5O3S/c1-16(2)22-14-20(21-15-25-29(17(3)4)23(21)27-22)24(30)26-18-8-10-19(11-9-18)33(31,32)28-12-6-5-7-13-28/h8-11,14-17H,5-7,12-13H2,1-4H3,(H,26,30). The first kappa shape index (κ1) is 23.4. The van der Waals surface area contributed by atoms with E-state index in [1.165, 1.54) is 4.31 Å². The fourth-order valence-corrected chi connectivity index (χ4v) is 5.58. The zero-order valence-corrected chi connectivity index (χ0v) is 20.4. The van der Waals surface area contributed by atoms with Gasteiger partial charge in [-0.3, -0.25) is 4.79 Å². The van der Waals surface area contributed by atoms with Crippen molar-refractivity contribution in [2.45, 2.75) is 63.8 Å². The minimum Gasteiger partial charge on any atom is -0.322 e. The second-order valence-electron chi connectivity index (χ2n) is 9.11. The van der Waals surface area contributed by atoms with Crippen molar-refractivity contribution >= 4 is 32.7 Å². The molecule has 1 saturated heterocycles. The maximum Gasteiger partial charge on any atom is 0.256 e. The molecule has 4 rings (SSSR count). The van der Waals surface area contributed by atoms with Gasteiger partial charge >= 0.3 is 0 Å². The fraction of sp³-hybridized carbons (Fsp3) is 0.458. The predicted octanol–water partition coefficient (Wildman–Crippen LogP) is 4.56. The lowest BCUT2D eigenvalue weighted by molar-refractivity contribution is 0.102. The molecule has 3 heterocycles. The summed E-state index contributed by atoms with van der Waals surface area (Å²) in [6.07, 6.45) is 4.52. The Hall–Kier alpha value is -2.78. The second-order valence-corrected chi connectivity index (χ2v) is 11.1. The maximum atomic E-state index is 13.2. The van der Waals surface area contributed by atoms with Crippen LogP contribution in [0.1, 0.15) is 75.0 Å². The third-order valence-electron chi connectivity index (χ3n) is 5.98. The van der Waals surface area contributed by atoms with E-state index in [4.69, 9.17) is 4.98 Å². The van der Waals surface area contributed by atoms with Crippen LogP contribution in [-0.4, -0.2) is 46.5 Å². The topological polar surface area (TPSA) is 97.2 Å². The van der Waals surface area contributed by atoms with Crippen molar-refractivity contribution in [3.05, 3.63) is 47.8 Å². The summed E-state index contributed by atoms with van der Waals surface area (Å²) in [6, 6.07) is 8.30. The van der Waals surface area contributed by atoms with Crippen molar-refractivity contribution in [3.63, 3.8) is 0 Å². The van der Waals surface area contributed by atoms with E-state index < -0.39 is 10.0 Å². The number of nitrogens with one attached hydrogen (secondary N) is 1. The van der Waals surface area contributed by atoms with Crippen LogP contribution in [0.25, 0.3) is 11.0 Å². The fourth-order valence-electron chi connectivity index (χ4n) is 4.06. The lowest BCUT2D eigenvalue weighted by Crippen LogP contribution is -2.35. The third-order valence-corrected chi connectivity index (χ3v) is 7.89. The van der Waals surface area contributed by atoms with Gasteiger partial charge in [0.2, 0.25) is 10.0 Å². The van der Waals surface area contributed by atoms with Crippen LogP contribution in [0.2, 0.25) is 0 Å². The molecule has 0 aliphatic carbocycles. The Bertz CT molecular complexity index is 1260. The molecule has 33 heavy (non-hydrogen) atoms. The number of anilines is 1. The highest BCUT2D eigenvalue weighted by molar-refractivity contribution is 7.89. The molecule has 1 aliphatic heterocycles. The van der Waals surface area contributed by atoms with Crippen molar-refractivity contribution < 1.29 is 13.2 Å². The summed E-state index contributed by atoms with van der Waals surface area (Å²) in [5.41, 5.74) is 2.54. The Balaban J connectivity index is 1.61. The monoisotopic (exact) mass is 469 g/mol. The van der Waals surface area contributed by atoms with E-state index in [9.17, 15) is 13.2 Å². The van der Waals surface area contributed by atoms with E-state index in [2.05, 4.69) is 10.4 Å². The van der Waals surface area contributed by atoms with Crippen LogP contribution in [0.3, 0.4) is 0 Å². The molecule has 1 N–H and O–H groups in total. The van der Waals surface area contributed by atoms with Gasteiger partial charge in [-0.25, -0.2) is 18.1 Å². The van der Waals surface area contributed by atoms with Crippen LogP contribution in [0.5, 0.6) is 0 Å². The van der Waals surface area contributed by atoms with Crippen LogP contribution in [0.15, 0.2) is 41.4 Å². The zero-order chi connectivity index (χ0) is 23.8. The quantitative estimate of drug-likeness (QED) is 0.571. The third kappa shape index (κ3) is 4.65. The first-order valence-electron chi connectivity index (χ1n) is 11.5. The van der Waals surface area contributed by atoms with Gasteiger partial charge in [-0.15, -0.1) is 0 Å². The van der Waals surface area contributed by atoms with E-state index in [1.54, 1.807) is 30.5 Å². The van der Waals surface area contributed by atoms with Crippen molar-refractivity contribution in [2.75, 3.05) is 18.4 Å². The molecule has 1 aromatic carbocycles. The molecule has 9 heteroatoms. The summed E-state index contributed by atoms with van der Waals surface area (Å²) in [6.45, 7) is 9.23. The number of amides is 1. The van der Waals surface area contributed by atoms with Gasteiger partial charge < -0.3 is 5.32 Å². The molecular weight excluding hydrogens is 438 g/mol. The maximum absolute atomic E-state index is 13.2. The normalized spacial score (nSPS) is 15.5. The van der Waals surface area contributed by atoms with Crippen molar-refractivity contribution in [1.82, 2.24) is 19.1 Å². The highest BCUT2D eigenvalue weighted by Crippen LogP contribution is 2.26. The van der Waals surface area contributed by atoms with Crippen molar-refractivity contribution in [2.24, 2.45) is 0 Å². The summed E-state index contributed by atoms with van der Waals surface area (Å²) in [4.78, 5) is 18.2. The van der Waals surface area contributed by atoms with Gasteiger partial charge in [-0.2, -0.15) is 9.40 Å². The van der Waals surface area contributed by atoms with Gasteiger partial charge in [-0.05, 0) is 62.9 Å². The zero-order valence-electron chi connectivity index (χ0n) is 19.6. The van der Waals surface area contributed by atoms with Gasteiger partial charge in [0.25, 0.3) is 5.91 Å². The molecule has 1 aliphatic rings. The number of nitrogens with zero attached hydrogens (tertiary/aromatic N) is 4. The van der Waals surface area contributed by atoms with E-state index in [0.717, 1.165) is 25.0 Å². The summed E-state index contributed by atoms with van der Waals surface area (Å²) in [5, 5.41) is 8.02. The molecule has 0 saturated carbocycles. The van der Waals surface area contributed by atoms with E-state index in [0.29, 0.717) is 35.4 Å². The number of hydrogen-bond donors (Lipinski definition) is 1. The Labute approximate surface area is 195 Å². The van der Waals surface area contributed by atoms with Crippen molar-refractivity contribution in [3.8, 4) is 0 Å². The number of aromatic nitrogens is 3. The SMILES string of the molecule is CC(C)c1cc(C(=O)Nc2ccc(S(=O)(=O)N3CCCCC3)cc2)c2cnn(C(C)C)c2n1. The smallest absolute Gasteiger partial charge is 0.256 e. The molecule has 0 radical (unpaired) electrons. The lowest BCUT2D eigenvalue weighted by Gasteiger charge is -2.25. The number of fused-ring (bicyclic) bond motifs is 1. The molecule has 0 atom stereocenters. The number of hydrogen-bond acceptors (Lipinski definition) is 5. The van der Waals surface area contributed by atoms with Crippen LogP contribution in [0, 0.1) is 0 Å². The van der Waals surface area contributed by atoms with Gasteiger partial charge in [0.05, 0.1) is 22.0 Å². The molecule has 8 nitrogen and oxygen atoms in total. The molecule has 0 unspecified atom stereocenters. The predicted molar refractivity (Wildman–Crippen MR) is 129 cm³/mol. The molecule has 0 spiro atoms. The number of benzene rings is 1. The lowest BCUT2D eigenvalue weighted by atomic mass is 10.0. The molecule has 1 amide bonds. The highest BCUT2D eigenvalue weighted by atomic mass is 32.2. The molecule has 176 valence electrons. The van der Waals surface area contributed by atoms with Crippen LogP contribution >= 0.6 is 0 Å². The average molecular weight is 470 g/mol. The largest absolute Gasteiger partial charge is 0.322 e. The van der Waals surface area contributed by atoms with Gasteiger partial charge in [0.1, 0.15) is 0 Å². The van der Waals surface area contributed by atoms with E-state index in [-0.39, 0.29) is 22.8 Å². The summed E-state index contributed by atoms with van der Waals surface area (Å²) in [5.74, 6) is -0.130. The van der Waals surface area contributed by atoms with Gasteiger partial charge in [0, 0.05) is 30.5 Å². The summed E-state index contributed by atoms with van der Waals surface area (Å²) >= 11 is 0. The highest BCUT2D eigenvalue weighted by Gasteiger charge is 2.26. The summed E-state index contributed by atoms with van der Waals surface area (Å²) < 4.78 is 29.1. The number of rotatable bonds is 6. The van der Waals surface area contributed by atoms with Crippen LogP contribution in [0.4, 0.5) is 5.69 Å². The number of carbonyl (C=O) groups is 1. The van der Waals surface area contributed by atoms with E-state index >= 15 is 0 Å². The Morgan fingerprint density at radius 3 is 2.30 bits per heavy atom. The Morgan fingerprint density at radius 2 is 1.70 bits per heavy atom. The van der Waals surface area contributed by atoms with Crippen LogP contribution in [-0.2, 0) is 10.0 Å². The summed E-state index contributed by atoms with van der Waals surface area (Å²) in [7, 11) is -3.51. The molecule has 3 aromatic rings. The first-order valence-corrected chi connectivity index (χ1v) is 12.9. The molecule has 0 bridgehead atoms. The number of piperidine rings is 1. The number of pyridine rings is 1. The molecular formula is C24H31N5O3S. The Kier molecular flexibility index (Phi) is 6.54. The van der Waals surface area contributed by atoms with Crippen LogP contribution < -0.4 is 5.32 Å². The second kappa shape index (κ2) is 9.23. The number of sulfonamides is 1. The van der Waals surface area contributed by atoms with E-state index in [1.807, 2.05) is 38.4 Å². The first-order chi connectivity index (χ1) is 15.7. The van der Waals surface area contributed by atoms with Gasteiger partial charge in [-0.1, -0.05) is 20.3 Å². The minimum absolute atomic E-state index is 0.114. The molecule has 1 fully saturated rings. The van der Waals surface area contributed by atoms with Crippen molar-refractivity contribution in [1.29, 1.82) is 0 Å². The Morgan fingerprint density at radius 1 is 1.03 bits per heavy atom. The average Bonchev–Trinajstić information content (AvgIpc) is 3.23. The number of carbonyl (C=O) groups excluding carboxylic acids is 1.